The number of hydrogen-bond donors (Lipinski definition) is 0. The number of piperidine rings is 1. The lowest BCUT2D eigenvalue weighted by Gasteiger charge is -2.49. The van der Waals surface area contributed by atoms with E-state index in [1.165, 1.54) is 0 Å². The van der Waals surface area contributed by atoms with Gasteiger partial charge >= 0.3 is 0 Å². The van der Waals surface area contributed by atoms with E-state index in [4.69, 9.17) is 28.0 Å². The van der Waals surface area contributed by atoms with Crippen molar-refractivity contribution >= 4 is 46.7 Å². The van der Waals surface area contributed by atoms with Gasteiger partial charge < -0.3 is 9.69 Å². The number of likely N-dealkylation sites (tertiary alicyclic amines) is 1. The van der Waals surface area contributed by atoms with E-state index in [0.717, 1.165) is 29.8 Å². The zero-order chi connectivity index (χ0) is 27.5. The van der Waals surface area contributed by atoms with Crippen LogP contribution in [0.1, 0.15) is 72.4 Å². The largest absolute Gasteiger partial charge is 0.331 e. The summed E-state index contributed by atoms with van der Waals surface area (Å²) in [6.07, 6.45) is 2.63. The summed E-state index contributed by atoms with van der Waals surface area (Å²) in [4.78, 5) is 23.7. The fourth-order valence-electron chi connectivity index (χ4n) is 4.25. The number of benzene rings is 2. The number of amides is 1. The normalized spacial score (nSPS) is 21.2. The summed E-state index contributed by atoms with van der Waals surface area (Å²) in [6, 6.07) is 17.3. The van der Waals surface area contributed by atoms with Crippen LogP contribution >= 0.6 is 23.2 Å². The third-order valence-electron chi connectivity index (χ3n) is 6.81. The quantitative estimate of drug-likeness (QED) is 0.352. The number of carbonyl (C=O) groups is 2. The minimum atomic E-state index is -0.956. The molecule has 2 aromatic rings. The van der Waals surface area contributed by atoms with Crippen molar-refractivity contribution in [2.24, 2.45) is 11.3 Å². The summed E-state index contributed by atoms with van der Waals surface area (Å²) in [6.45, 7) is 14.4. The van der Waals surface area contributed by atoms with Gasteiger partial charge in [0.2, 0.25) is 5.91 Å². The molecule has 1 fully saturated rings. The van der Waals surface area contributed by atoms with E-state index in [1.54, 1.807) is 0 Å². The fourth-order valence-corrected chi connectivity index (χ4v) is 5.78. The Labute approximate surface area is 230 Å². The molecule has 3 rings (SSSR count). The number of hydrogen-bond acceptors (Lipinski definition) is 3. The lowest BCUT2D eigenvalue weighted by molar-refractivity contribution is -0.153. The Balaban J connectivity index is 0.000000609. The van der Waals surface area contributed by atoms with Crippen LogP contribution in [-0.4, -0.2) is 38.8 Å². The van der Waals surface area contributed by atoms with Crippen LogP contribution in [0.25, 0.3) is 0 Å². The van der Waals surface area contributed by atoms with E-state index >= 15 is 0 Å². The molecule has 4 atom stereocenters. The Morgan fingerprint density at radius 2 is 1.53 bits per heavy atom. The highest BCUT2D eigenvalue weighted by Gasteiger charge is 2.46. The van der Waals surface area contributed by atoms with Crippen molar-refractivity contribution in [2.75, 3.05) is 5.75 Å². The van der Waals surface area contributed by atoms with Gasteiger partial charge in [-0.3, -0.25) is 9.00 Å². The van der Waals surface area contributed by atoms with Gasteiger partial charge in [0.05, 0.1) is 6.04 Å². The van der Waals surface area contributed by atoms with Gasteiger partial charge in [-0.2, -0.15) is 0 Å². The van der Waals surface area contributed by atoms with Gasteiger partial charge in [0.15, 0.2) is 0 Å². The molecule has 0 bridgehead atoms. The SMILES string of the molecule is C=O.CC[C@@]1(C)CCC(c2ccc(Cl)cc2)N(C(CS(=O)C(C)C)C(C)C)C1=O.Clc1ccccc1. The molecule has 4 nitrogen and oxygen atoms in total. The summed E-state index contributed by atoms with van der Waals surface area (Å²) in [5.74, 6) is 0.978. The van der Waals surface area contributed by atoms with Crippen molar-refractivity contribution in [3.8, 4) is 0 Å². The number of nitrogens with zero attached hydrogens (tertiary/aromatic N) is 1. The van der Waals surface area contributed by atoms with Crippen LogP contribution in [-0.2, 0) is 20.4 Å². The smallest absolute Gasteiger partial charge is 0.229 e. The lowest BCUT2D eigenvalue weighted by Crippen LogP contribution is -2.56. The van der Waals surface area contributed by atoms with E-state index < -0.39 is 10.8 Å². The molecule has 3 unspecified atom stereocenters. The molecule has 0 radical (unpaired) electrons. The van der Waals surface area contributed by atoms with Gasteiger partial charge in [-0.15, -0.1) is 0 Å². The zero-order valence-corrected chi connectivity index (χ0v) is 24.7. The first-order valence-corrected chi connectivity index (χ1v) is 14.6. The van der Waals surface area contributed by atoms with Gasteiger partial charge in [0.25, 0.3) is 0 Å². The summed E-state index contributed by atoms with van der Waals surface area (Å²) >= 11 is 11.6. The number of rotatable bonds is 7. The topological polar surface area (TPSA) is 54.5 Å². The van der Waals surface area contributed by atoms with Gasteiger partial charge in [0.1, 0.15) is 6.79 Å². The van der Waals surface area contributed by atoms with E-state index in [1.807, 2.05) is 75.2 Å². The predicted molar refractivity (Wildman–Crippen MR) is 154 cm³/mol. The van der Waals surface area contributed by atoms with Crippen molar-refractivity contribution in [1.29, 1.82) is 0 Å². The number of halogens is 2. The predicted octanol–water partition coefficient (Wildman–Crippen LogP) is 7.76. The third-order valence-corrected chi connectivity index (χ3v) is 9.04. The van der Waals surface area contributed by atoms with E-state index in [2.05, 4.69) is 32.6 Å². The monoisotopic (exact) mass is 553 g/mol. The molecule has 36 heavy (non-hydrogen) atoms. The van der Waals surface area contributed by atoms with Crippen LogP contribution in [0.5, 0.6) is 0 Å². The molecular formula is C29H41Cl2NO3S. The van der Waals surface area contributed by atoms with Crippen molar-refractivity contribution in [2.45, 2.75) is 78.1 Å². The second-order valence-electron chi connectivity index (χ2n) is 9.94. The Bertz CT molecular complexity index is 953. The number of carbonyl (C=O) groups excluding carboxylic acids is 2. The molecule has 2 aromatic carbocycles. The first-order valence-electron chi connectivity index (χ1n) is 12.4. The Kier molecular flexibility index (Phi) is 14.0. The molecule has 1 aliphatic rings. The van der Waals surface area contributed by atoms with Gasteiger partial charge in [-0.05, 0) is 55.0 Å². The average Bonchev–Trinajstić information content (AvgIpc) is 2.87. The minimum absolute atomic E-state index is 0.0194. The van der Waals surface area contributed by atoms with Crippen molar-refractivity contribution in [3.63, 3.8) is 0 Å². The summed E-state index contributed by atoms with van der Waals surface area (Å²) in [7, 11) is -0.956. The van der Waals surface area contributed by atoms with Gasteiger partial charge in [-0.25, -0.2) is 0 Å². The summed E-state index contributed by atoms with van der Waals surface area (Å²) in [5, 5.41) is 1.59. The maximum atomic E-state index is 13.6. The minimum Gasteiger partial charge on any atom is -0.331 e. The molecule has 0 aliphatic carbocycles. The highest BCUT2D eigenvalue weighted by atomic mass is 35.5. The second kappa shape index (κ2) is 15.5. The molecule has 0 saturated carbocycles. The van der Waals surface area contributed by atoms with Crippen molar-refractivity contribution in [1.82, 2.24) is 4.90 Å². The molecular weight excluding hydrogens is 513 g/mol. The van der Waals surface area contributed by atoms with Crippen LogP contribution < -0.4 is 0 Å². The lowest BCUT2D eigenvalue weighted by atomic mass is 9.74. The third kappa shape index (κ3) is 9.00. The molecule has 1 aliphatic heterocycles. The standard InChI is InChI=1S/C22H34ClNO2S.C6H5Cl.CH2O/c1-7-22(6)13-12-19(17-8-10-18(23)11-9-17)24(21(22)25)20(15(2)3)14-27(26)16(4)5;7-6-4-2-1-3-5-6;1-2/h8-11,15-16,19-20H,7,12-14H2,1-6H3;1-5H;1H2/t19?,20?,22-,27?;;/m0../s1. The first kappa shape index (κ1) is 32.3. The summed E-state index contributed by atoms with van der Waals surface area (Å²) in [5.41, 5.74) is 0.780. The average molecular weight is 555 g/mol. The van der Waals surface area contributed by atoms with Crippen LogP contribution in [0, 0.1) is 11.3 Å². The zero-order valence-electron chi connectivity index (χ0n) is 22.4. The summed E-state index contributed by atoms with van der Waals surface area (Å²) < 4.78 is 12.7. The van der Waals surface area contributed by atoms with Crippen LogP contribution in [0.15, 0.2) is 54.6 Å². The van der Waals surface area contributed by atoms with Crippen LogP contribution in [0.4, 0.5) is 0 Å². The van der Waals surface area contributed by atoms with E-state index in [9.17, 15) is 9.00 Å². The van der Waals surface area contributed by atoms with E-state index in [-0.39, 0.29) is 34.6 Å². The van der Waals surface area contributed by atoms with Gasteiger partial charge in [0, 0.05) is 43.3 Å². The first-order chi connectivity index (χ1) is 17.0. The van der Waals surface area contributed by atoms with Crippen LogP contribution in [0.3, 0.4) is 0 Å². The fraction of sp³-hybridized carbons (Fsp3) is 0.517. The maximum absolute atomic E-state index is 13.6. The van der Waals surface area contributed by atoms with E-state index in [0.29, 0.717) is 10.8 Å². The highest BCUT2D eigenvalue weighted by molar-refractivity contribution is 7.85. The Hall–Kier alpha value is -1.69. The Morgan fingerprint density at radius 3 is 1.94 bits per heavy atom. The molecule has 7 heteroatoms. The van der Waals surface area contributed by atoms with Crippen molar-refractivity contribution in [3.05, 3.63) is 70.2 Å². The molecule has 0 aromatic heterocycles. The van der Waals surface area contributed by atoms with Gasteiger partial charge in [-0.1, -0.05) is 95.1 Å². The molecule has 200 valence electrons. The highest BCUT2D eigenvalue weighted by Crippen LogP contribution is 2.44. The maximum Gasteiger partial charge on any atom is 0.229 e. The van der Waals surface area contributed by atoms with Crippen LogP contribution in [0.2, 0.25) is 10.0 Å². The molecule has 1 amide bonds. The molecule has 1 saturated heterocycles. The van der Waals surface area contributed by atoms with Crippen molar-refractivity contribution < 1.29 is 13.8 Å². The molecule has 0 spiro atoms. The molecule has 1 heterocycles. The Morgan fingerprint density at radius 1 is 1.00 bits per heavy atom. The second-order valence-corrected chi connectivity index (χ2v) is 12.8. The molecule has 0 N–H and O–H groups in total.